The number of aliphatic imine (C=N–C) groups is 1. The lowest BCUT2D eigenvalue weighted by molar-refractivity contribution is -0.393. The summed E-state index contributed by atoms with van der Waals surface area (Å²) in [5, 5.41) is 35.9. The molecule has 0 heterocycles. The molecule has 3 aromatic carbocycles. The van der Waals surface area contributed by atoms with Crippen molar-refractivity contribution < 1.29 is 14.8 Å². The number of nitrogens with zero attached hydrogens (tertiary/aromatic N) is 4. The van der Waals surface area contributed by atoms with Crippen LogP contribution in [0.3, 0.4) is 0 Å². The van der Waals surface area contributed by atoms with Gasteiger partial charge in [0.2, 0.25) is 0 Å². The fourth-order valence-electron chi connectivity index (χ4n) is 2.64. The van der Waals surface area contributed by atoms with Gasteiger partial charge in [0.15, 0.2) is 0 Å². The summed E-state index contributed by atoms with van der Waals surface area (Å²) in [5.41, 5.74) is -0.0575. The summed E-state index contributed by atoms with van der Waals surface area (Å²) in [5.74, 6) is 0. The Morgan fingerprint density at radius 2 is 1.52 bits per heavy atom. The number of anilines is 2. The van der Waals surface area contributed by atoms with Gasteiger partial charge in [0, 0.05) is 18.3 Å². The van der Waals surface area contributed by atoms with Gasteiger partial charge >= 0.3 is 0 Å². The maximum Gasteiger partial charge on any atom is 0.299 e. The lowest BCUT2D eigenvalue weighted by Gasteiger charge is -2.10. The molecule has 11 nitrogen and oxygen atoms in total. The molecule has 0 saturated heterocycles. The SMILES string of the molecule is O=[N+]([O-])c1cccc(C=Nc2ccccc2Nc2cc(Cl)c([N+](=O)[O-])cc2[N+](=O)[O-])c1. The minimum Gasteiger partial charge on any atom is -0.348 e. The highest BCUT2D eigenvalue weighted by atomic mass is 35.5. The molecule has 0 saturated carbocycles. The normalized spacial score (nSPS) is 10.7. The second-order valence-corrected chi connectivity index (χ2v) is 6.49. The quantitative estimate of drug-likeness (QED) is 0.286. The predicted molar refractivity (Wildman–Crippen MR) is 115 cm³/mol. The molecule has 0 fully saturated rings. The summed E-state index contributed by atoms with van der Waals surface area (Å²) >= 11 is 5.90. The molecule has 0 aliphatic carbocycles. The molecular weight excluding hydrogens is 430 g/mol. The topological polar surface area (TPSA) is 154 Å². The summed E-state index contributed by atoms with van der Waals surface area (Å²) in [4.78, 5) is 35.5. The summed E-state index contributed by atoms with van der Waals surface area (Å²) in [7, 11) is 0. The third-order valence-electron chi connectivity index (χ3n) is 4.07. The van der Waals surface area contributed by atoms with Crippen molar-refractivity contribution in [3.8, 4) is 0 Å². The van der Waals surface area contributed by atoms with Crippen LogP contribution in [0, 0.1) is 30.3 Å². The molecule has 1 N–H and O–H groups in total. The largest absolute Gasteiger partial charge is 0.348 e. The van der Waals surface area contributed by atoms with E-state index < -0.39 is 26.1 Å². The van der Waals surface area contributed by atoms with E-state index in [1.807, 2.05) is 0 Å². The van der Waals surface area contributed by atoms with Gasteiger partial charge in [-0.3, -0.25) is 35.3 Å². The number of nitro groups is 3. The number of non-ortho nitro benzene ring substituents is 1. The number of hydrogen-bond donors (Lipinski definition) is 1. The van der Waals surface area contributed by atoms with Crippen LogP contribution in [0.25, 0.3) is 0 Å². The fourth-order valence-corrected chi connectivity index (χ4v) is 2.87. The molecular formula is C19H12ClN5O6. The molecule has 0 spiro atoms. The van der Waals surface area contributed by atoms with Gasteiger partial charge in [0.05, 0.1) is 32.2 Å². The Morgan fingerprint density at radius 3 is 2.19 bits per heavy atom. The smallest absolute Gasteiger partial charge is 0.299 e. The van der Waals surface area contributed by atoms with E-state index in [4.69, 9.17) is 11.6 Å². The van der Waals surface area contributed by atoms with Crippen LogP contribution in [0.15, 0.2) is 65.7 Å². The molecule has 31 heavy (non-hydrogen) atoms. The molecule has 0 unspecified atom stereocenters. The number of hydrogen-bond acceptors (Lipinski definition) is 8. The van der Waals surface area contributed by atoms with Gasteiger partial charge in [-0.15, -0.1) is 0 Å². The second-order valence-electron chi connectivity index (χ2n) is 6.09. The monoisotopic (exact) mass is 441 g/mol. The number of rotatable bonds is 7. The molecule has 0 aliphatic rings. The fraction of sp³-hybridized carbons (Fsp3) is 0. The molecule has 3 aromatic rings. The molecule has 0 amide bonds. The van der Waals surface area contributed by atoms with Crippen LogP contribution in [0.5, 0.6) is 0 Å². The zero-order valence-corrected chi connectivity index (χ0v) is 16.2. The van der Waals surface area contributed by atoms with Crippen LogP contribution < -0.4 is 5.32 Å². The van der Waals surface area contributed by atoms with Gasteiger partial charge in [-0.05, 0) is 23.8 Å². The minimum absolute atomic E-state index is 0.0569. The van der Waals surface area contributed by atoms with Crippen molar-refractivity contribution in [3.05, 3.63) is 102 Å². The third kappa shape index (κ3) is 4.97. The Bertz CT molecular complexity index is 1230. The molecule has 0 atom stereocenters. The van der Waals surface area contributed by atoms with Crippen molar-refractivity contribution in [1.82, 2.24) is 0 Å². The molecule has 0 aromatic heterocycles. The lowest BCUT2D eigenvalue weighted by Crippen LogP contribution is -2.00. The average Bonchev–Trinajstić information content (AvgIpc) is 2.73. The maximum absolute atomic E-state index is 11.4. The molecule has 0 aliphatic heterocycles. The van der Waals surface area contributed by atoms with Crippen LogP contribution in [0.4, 0.5) is 34.1 Å². The first kappa shape index (κ1) is 21.3. The zero-order valence-electron chi connectivity index (χ0n) is 15.5. The number of para-hydroxylation sites is 2. The standard InChI is InChI=1S/C19H12ClN5O6/c20-14-9-17(19(25(30)31)10-18(14)24(28)29)22-16-7-2-1-6-15(16)21-11-12-4-3-5-13(8-12)23(26)27/h1-11,22H. The van der Waals surface area contributed by atoms with Crippen molar-refractivity contribution in [2.75, 3.05) is 5.32 Å². The predicted octanol–water partition coefficient (Wildman–Crippen LogP) is 5.56. The highest BCUT2D eigenvalue weighted by Crippen LogP contribution is 2.38. The molecule has 3 rings (SSSR count). The Balaban J connectivity index is 1.97. The van der Waals surface area contributed by atoms with Crippen molar-refractivity contribution in [3.63, 3.8) is 0 Å². The van der Waals surface area contributed by atoms with Crippen molar-refractivity contribution in [1.29, 1.82) is 0 Å². The van der Waals surface area contributed by atoms with E-state index in [2.05, 4.69) is 10.3 Å². The summed E-state index contributed by atoms with van der Waals surface area (Å²) < 4.78 is 0. The number of benzene rings is 3. The van der Waals surface area contributed by atoms with E-state index in [9.17, 15) is 30.3 Å². The number of nitro benzene ring substituents is 3. The molecule has 12 heteroatoms. The van der Waals surface area contributed by atoms with Gasteiger partial charge in [-0.25, -0.2) is 0 Å². The number of nitrogens with one attached hydrogen (secondary N) is 1. The van der Waals surface area contributed by atoms with E-state index in [0.29, 0.717) is 16.9 Å². The first-order valence-electron chi connectivity index (χ1n) is 8.53. The zero-order chi connectivity index (χ0) is 22.5. The Morgan fingerprint density at radius 1 is 0.806 bits per heavy atom. The van der Waals surface area contributed by atoms with Crippen LogP contribution in [-0.4, -0.2) is 21.0 Å². The Hall–Kier alpha value is -4.38. The minimum atomic E-state index is -0.809. The van der Waals surface area contributed by atoms with Crippen molar-refractivity contribution in [2.24, 2.45) is 4.99 Å². The summed E-state index contributed by atoms with van der Waals surface area (Å²) in [6, 6.07) is 14.3. The molecule has 156 valence electrons. The van der Waals surface area contributed by atoms with Gasteiger partial charge < -0.3 is 5.32 Å². The van der Waals surface area contributed by atoms with Gasteiger partial charge in [0.1, 0.15) is 10.7 Å². The highest BCUT2D eigenvalue weighted by Gasteiger charge is 2.24. The molecule has 0 bridgehead atoms. The van der Waals surface area contributed by atoms with E-state index >= 15 is 0 Å². The first-order chi connectivity index (χ1) is 14.8. The van der Waals surface area contributed by atoms with E-state index in [-0.39, 0.29) is 16.4 Å². The maximum atomic E-state index is 11.4. The Labute approximate surface area is 179 Å². The van der Waals surface area contributed by atoms with E-state index in [1.54, 1.807) is 30.3 Å². The van der Waals surface area contributed by atoms with Crippen LogP contribution in [-0.2, 0) is 0 Å². The van der Waals surface area contributed by atoms with Gasteiger partial charge in [-0.2, -0.15) is 0 Å². The molecule has 0 radical (unpaired) electrons. The van der Waals surface area contributed by atoms with E-state index in [1.165, 1.54) is 24.4 Å². The van der Waals surface area contributed by atoms with Crippen LogP contribution in [0.2, 0.25) is 5.02 Å². The van der Waals surface area contributed by atoms with Crippen LogP contribution >= 0.6 is 11.6 Å². The average molecular weight is 442 g/mol. The second kappa shape index (κ2) is 8.97. The summed E-state index contributed by atoms with van der Waals surface area (Å²) in [6.07, 6.45) is 1.41. The van der Waals surface area contributed by atoms with Crippen molar-refractivity contribution in [2.45, 2.75) is 0 Å². The lowest BCUT2D eigenvalue weighted by atomic mass is 10.2. The van der Waals surface area contributed by atoms with Gasteiger partial charge in [-0.1, -0.05) is 35.9 Å². The highest BCUT2D eigenvalue weighted by molar-refractivity contribution is 6.33. The number of halogens is 1. The summed E-state index contributed by atoms with van der Waals surface area (Å²) in [6.45, 7) is 0. The Kier molecular flexibility index (Phi) is 6.17. The van der Waals surface area contributed by atoms with Gasteiger partial charge in [0.25, 0.3) is 17.1 Å². The van der Waals surface area contributed by atoms with Crippen LogP contribution in [0.1, 0.15) is 5.56 Å². The first-order valence-corrected chi connectivity index (χ1v) is 8.91. The van der Waals surface area contributed by atoms with E-state index in [0.717, 1.165) is 12.1 Å². The third-order valence-corrected chi connectivity index (χ3v) is 4.37. The van der Waals surface area contributed by atoms with Crippen molar-refractivity contribution >= 4 is 51.9 Å².